The first-order valence-electron chi connectivity index (χ1n) is 8.36. The molecule has 116 valence electrons. The van der Waals surface area contributed by atoms with Gasteiger partial charge in [0.15, 0.2) is 0 Å². The van der Waals surface area contributed by atoms with Crippen LogP contribution in [0.25, 0.3) is 0 Å². The molecule has 1 heteroatoms. The molecule has 0 saturated carbocycles. The summed E-state index contributed by atoms with van der Waals surface area (Å²) in [4.78, 5) is 0. The van der Waals surface area contributed by atoms with Crippen molar-refractivity contribution in [2.45, 2.75) is 65.4 Å². The minimum Gasteiger partial charge on any atom is -0.387 e. The standard InChI is InChI=1S/C20H30O/c1-4-5-6-7-8-10-15-19(16-17(2)3)20(21)18-13-11-9-12-14-18/h9,11-14,17,19-21H,4-8,16H2,1-3H3. The monoisotopic (exact) mass is 286 g/mol. The van der Waals surface area contributed by atoms with Gasteiger partial charge in [-0.15, -0.1) is 5.92 Å². The number of unbranched alkanes of at least 4 members (excludes halogenated alkanes) is 4. The van der Waals surface area contributed by atoms with E-state index in [1.165, 1.54) is 25.7 Å². The van der Waals surface area contributed by atoms with Crippen LogP contribution in [-0.2, 0) is 0 Å². The van der Waals surface area contributed by atoms with Crippen molar-refractivity contribution in [3.05, 3.63) is 35.9 Å². The predicted octanol–water partition coefficient (Wildman–Crippen LogP) is 5.36. The molecule has 0 aliphatic rings. The van der Waals surface area contributed by atoms with Crippen LogP contribution in [0.15, 0.2) is 30.3 Å². The third kappa shape index (κ3) is 7.34. The lowest BCUT2D eigenvalue weighted by atomic mass is 9.88. The van der Waals surface area contributed by atoms with E-state index >= 15 is 0 Å². The van der Waals surface area contributed by atoms with Gasteiger partial charge in [0.25, 0.3) is 0 Å². The lowest BCUT2D eigenvalue weighted by molar-refractivity contribution is 0.124. The molecule has 0 bridgehead atoms. The quantitative estimate of drug-likeness (QED) is 0.504. The van der Waals surface area contributed by atoms with Crippen molar-refractivity contribution in [2.24, 2.45) is 11.8 Å². The summed E-state index contributed by atoms with van der Waals surface area (Å²) in [5, 5.41) is 10.6. The number of hydrogen-bond donors (Lipinski definition) is 1. The second kappa shape index (κ2) is 10.5. The second-order valence-electron chi connectivity index (χ2n) is 6.22. The molecule has 1 aromatic carbocycles. The topological polar surface area (TPSA) is 20.2 Å². The summed E-state index contributed by atoms with van der Waals surface area (Å²) in [5.41, 5.74) is 0.975. The zero-order valence-electron chi connectivity index (χ0n) is 13.8. The molecule has 0 heterocycles. The summed E-state index contributed by atoms with van der Waals surface area (Å²) in [6, 6.07) is 9.90. The van der Waals surface area contributed by atoms with Crippen molar-refractivity contribution in [1.29, 1.82) is 0 Å². The van der Waals surface area contributed by atoms with Crippen LogP contribution in [0.3, 0.4) is 0 Å². The van der Waals surface area contributed by atoms with Crippen LogP contribution >= 0.6 is 0 Å². The van der Waals surface area contributed by atoms with E-state index in [-0.39, 0.29) is 5.92 Å². The van der Waals surface area contributed by atoms with Gasteiger partial charge in [-0.1, -0.05) is 76.3 Å². The Morgan fingerprint density at radius 1 is 1.05 bits per heavy atom. The maximum Gasteiger partial charge on any atom is 0.0927 e. The van der Waals surface area contributed by atoms with Crippen molar-refractivity contribution >= 4 is 0 Å². The van der Waals surface area contributed by atoms with E-state index in [2.05, 4.69) is 32.6 Å². The minimum absolute atomic E-state index is 0.0403. The molecule has 2 atom stereocenters. The average molecular weight is 286 g/mol. The van der Waals surface area contributed by atoms with E-state index in [9.17, 15) is 5.11 Å². The lowest BCUT2D eigenvalue weighted by Crippen LogP contribution is -2.13. The number of benzene rings is 1. The molecule has 1 N–H and O–H groups in total. The fourth-order valence-electron chi connectivity index (χ4n) is 2.50. The summed E-state index contributed by atoms with van der Waals surface area (Å²) in [6.07, 6.45) is 6.42. The first kappa shape index (κ1) is 17.8. The summed E-state index contributed by atoms with van der Waals surface area (Å²) in [7, 11) is 0. The largest absolute Gasteiger partial charge is 0.387 e. The lowest BCUT2D eigenvalue weighted by Gasteiger charge is -2.20. The Balaban J connectivity index is 2.61. The minimum atomic E-state index is -0.475. The van der Waals surface area contributed by atoms with Crippen LogP contribution in [0.2, 0.25) is 0 Å². The van der Waals surface area contributed by atoms with Gasteiger partial charge in [-0.25, -0.2) is 0 Å². The Morgan fingerprint density at radius 3 is 2.38 bits per heavy atom. The summed E-state index contributed by atoms with van der Waals surface area (Å²) >= 11 is 0. The zero-order valence-corrected chi connectivity index (χ0v) is 13.8. The van der Waals surface area contributed by atoms with E-state index < -0.39 is 6.10 Å². The molecule has 1 rings (SSSR count). The van der Waals surface area contributed by atoms with E-state index in [1.807, 2.05) is 30.3 Å². The van der Waals surface area contributed by atoms with Crippen molar-refractivity contribution in [3.63, 3.8) is 0 Å². The van der Waals surface area contributed by atoms with Gasteiger partial charge in [0, 0.05) is 6.42 Å². The number of aliphatic hydroxyl groups is 1. The summed E-state index contributed by atoms with van der Waals surface area (Å²) < 4.78 is 0. The smallest absolute Gasteiger partial charge is 0.0927 e. The van der Waals surface area contributed by atoms with E-state index in [0.29, 0.717) is 5.92 Å². The van der Waals surface area contributed by atoms with E-state index in [1.54, 1.807) is 0 Å². The highest BCUT2D eigenvalue weighted by Gasteiger charge is 2.19. The summed E-state index contributed by atoms with van der Waals surface area (Å²) in [6.45, 7) is 6.60. The van der Waals surface area contributed by atoms with Gasteiger partial charge >= 0.3 is 0 Å². The number of hydrogen-bond acceptors (Lipinski definition) is 1. The maximum atomic E-state index is 10.6. The molecule has 0 radical (unpaired) electrons. The van der Waals surface area contributed by atoms with Crippen molar-refractivity contribution < 1.29 is 5.11 Å². The molecular formula is C20H30O. The third-order valence-electron chi connectivity index (χ3n) is 3.69. The molecule has 0 fully saturated rings. The molecule has 1 aromatic rings. The fraction of sp³-hybridized carbons (Fsp3) is 0.600. The van der Waals surface area contributed by atoms with Crippen molar-refractivity contribution in [3.8, 4) is 11.8 Å². The average Bonchev–Trinajstić information content (AvgIpc) is 2.49. The second-order valence-corrected chi connectivity index (χ2v) is 6.22. The number of rotatable bonds is 8. The van der Waals surface area contributed by atoms with Crippen molar-refractivity contribution in [1.82, 2.24) is 0 Å². The molecule has 0 amide bonds. The Bertz CT molecular complexity index is 424. The molecule has 2 unspecified atom stereocenters. The van der Waals surface area contributed by atoms with Crippen LogP contribution < -0.4 is 0 Å². The van der Waals surface area contributed by atoms with Crippen LogP contribution in [0.4, 0.5) is 0 Å². The fourth-order valence-corrected chi connectivity index (χ4v) is 2.50. The molecule has 0 spiro atoms. The summed E-state index contributed by atoms with van der Waals surface area (Å²) in [5.74, 6) is 7.20. The van der Waals surface area contributed by atoms with Gasteiger partial charge in [0.1, 0.15) is 0 Å². The van der Waals surface area contributed by atoms with Crippen LogP contribution in [0, 0.1) is 23.7 Å². The van der Waals surface area contributed by atoms with E-state index in [4.69, 9.17) is 0 Å². The Kier molecular flexibility index (Phi) is 8.87. The van der Waals surface area contributed by atoms with Gasteiger partial charge in [-0.2, -0.15) is 0 Å². The molecule has 21 heavy (non-hydrogen) atoms. The molecule has 0 saturated heterocycles. The SMILES string of the molecule is CCCCCCC#CC(CC(C)C)C(O)c1ccccc1. The molecule has 0 aromatic heterocycles. The third-order valence-corrected chi connectivity index (χ3v) is 3.69. The van der Waals surface area contributed by atoms with Crippen molar-refractivity contribution in [2.75, 3.05) is 0 Å². The predicted molar refractivity (Wildman–Crippen MR) is 90.9 cm³/mol. The van der Waals surface area contributed by atoms with Gasteiger partial charge in [0.05, 0.1) is 12.0 Å². The first-order valence-corrected chi connectivity index (χ1v) is 8.36. The Labute approximate surface area is 130 Å². The van der Waals surface area contributed by atoms with Gasteiger partial charge < -0.3 is 5.11 Å². The normalized spacial score (nSPS) is 13.6. The van der Waals surface area contributed by atoms with Crippen LogP contribution in [0.5, 0.6) is 0 Å². The van der Waals surface area contributed by atoms with Crippen LogP contribution in [0.1, 0.15) is 71.0 Å². The van der Waals surface area contributed by atoms with Gasteiger partial charge in [-0.3, -0.25) is 0 Å². The highest BCUT2D eigenvalue weighted by Crippen LogP contribution is 2.26. The first-order chi connectivity index (χ1) is 10.1. The molecule has 1 nitrogen and oxygen atoms in total. The highest BCUT2D eigenvalue weighted by atomic mass is 16.3. The highest BCUT2D eigenvalue weighted by molar-refractivity contribution is 5.21. The van der Waals surface area contributed by atoms with Gasteiger partial charge in [0.2, 0.25) is 0 Å². The Hall–Kier alpha value is -1.26. The Morgan fingerprint density at radius 2 is 1.76 bits per heavy atom. The molecular weight excluding hydrogens is 256 g/mol. The van der Waals surface area contributed by atoms with E-state index in [0.717, 1.165) is 18.4 Å². The molecule has 0 aliphatic carbocycles. The van der Waals surface area contributed by atoms with Crippen LogP contribution in [-0.4, -0.2) is 5.11 Å². The maximum absolute atomic E-state index is 10.6. The van der Waals surface area contributed by atoms with Gasteiger partial charge in [-0.05, 0) is 24.3 Å². The molecule has 0 aliphatic heterocycles. The number of aliphatic hydroxyl groups excluding tert-OH is 1. The zero-order chi connectivity index (χ0) is 15.5.